The van der Waals surface area contributed by atoms with E-state index in [-0.39, 0.29) is 36.5 Å². The van der Waals surface area contributed by atoms with Gasteiger partial charge in [-0.2, -0.15) is 0 Å². The standard InChI is InChI=1S/C24H21ClN4O3/c25-17-8-2-3-9-18(17)27-24(32)29-20-13-28(23(31)15-6-5-11-26-12-15)19-10-4-1-7-16(19)22(20)21(29)14-30/h1-12,20-22,30H,13-14H2,(H,27,32)/t20-,21+,22+/m0/s1. The van der Waals surface area contributed by atoms with Gasteiger partial charge in [0.2, 0.25) is 0 Å². The maximum absolute atomic E-state index is 13.3. The number of urea groups is 1. The van der Waals surface area contributed by atoms with Gasteiger partial charge in [-0.25, -0.2) is 4.79 Å². The first-order chi connectivity index (χ1) is 15.6. The molecule has 32 heavy (non-hydrogen) atoms. The Kier molecular flexibility index (Phi) is 5.28. The zero-order valence-electron chi connectivity index (χ0n) is 17.1. The van der Waals surface area contributed by atoms with Crippen molar-refractivity contribution in [2.45, 2.75) is 18.0 Å². The van der Waals surface area contributed by atoms with Crippen molar-refractivity contribution >= 4 is 34.9 Å². The highest BCUT2D eigenvalue weighted by Crippen LogP contribution is 2.48. The van der Waals surface area contributed by atoms with Crippen LogP contribution in [0.25, 0.3) is 0 Å². The molecule has 7 nitrogen and oxygen atoms in total. The number of aliphatic hydroxyl groups is 1. The van der Waals surface area contributed by atoms with Crippen LogP contribution in [0.2, 0.25) is 5.02 Å². The fourth-order valence-electron chi connectivity index (χ4n) is 4.75. The van der Waals surface area contributed by atoms with E-state index < -0.39 is 0 Å². The van der Waals surface area contributed by atoms with E-state index in [4.69, 9.17) is 11.6 Å². The number of benzene rings is 2. The van der Waals surface area contributed by atoms with Crippen LogP contribution < -0.4 is 10.2 Å². The summed E-state index contributed by atoms with van der Waals surface area (Å²) in [5, 5.41) is 13.4. The third kappa shape index (κ3) is 3.30. The third-order valence-corrected chi connectivity index (χ3v) is 6.52. The molecule has 2 aliphatic heterocycles. The van der Waals surface area contributed by atoms with Gasteiger partial charge in [0, 0.05) is 30.5 Å². The summed E-state index contributed by atoms with van der Waals surface area (Å²) < 4.78 is 0. The Bertz CT molecular complexity index is 1170. The summed E-state index contributed by atoms with van der Waals surface area (Å²) in [4.78, 5) is 33.8. The minimum absolute atomic E-state index is 0.0638. The Morgan fingerprint density at radius 3 is 2.62 bits per heavy atom. The van der Waals surface area contributed by atoms with Crippen LogP contribution in [0.1, 0.15) is 21.8 Å². The second kappa shape index (κ2) is 8.26. The number of anilines is 2. The Labute approximate surface area is 190 Å². The number of nitrogens with zero attached hydrogens (tertiary/aromatic N) is 3. The number of nitrogens with one attached hydrogen (secondary N) is 1. The van der Waals surface area contributed by atoms with Crippen LogP contribution in [0.15, 0.2) is 73.1 Å². The summed E-state index contributed by atoms with van der Waals surface area (Å²) in [6.07, 6.45) is 3.16. The number of pyridine rings is 1. The van der Waals surface area contributed by atoms with Crippen LogP contribution in [0.5, 0.6) is 0 Å². The normalized spacial score (nSPS) is 21.2. The van der Waals surface area contributed by atoms with E-state index in [0.717, 1.165) is 11.3 Å². The number of fused-ring (bicyclic) bond motifs is 3. The first-order valence-electron chi connectivity index (χ1n) is 10.4. The summed E-state index contributed by atoms with van der Waals surface area (Å²) in [5.74, 6) is -0.242. The Morgan fingerprint density at radius 2 is 1.88 bits per heavy atom. The molecule has 3 heterocycles. The number of carbonyl (C=O) groups excluding carboxylic acids is 2. The van der Waals surface area contributed by atoms with Gasteiger partial charge in [0.15, 0.2) is 0 Å². The van der Waals surface area contributed by atoms with Crippen LogP contribution in [-0.2, 0) is 0 Å². The molecule has 1 fully saturated rings. The molecular formula is C24H21ClN4O3. The summed E-state index contributed by atoms with van der Waals surface area (Å²) in [5.41, 5.74) is 2.72. The second-order valence-corrected chi connectivity index (χ2v) is 8.28. The van der Waals surface area contributed by atoms with Gasteiger partial charge in [0.25, 0.3) is 5.91 Å². The van der Waals surface area contributed by atoms with Gasteiger partial charge in [-0.3, -0.25) is 9.78 Å². The highest BCUT2D eigenvalue weighted by molar-refractivity contribution is 6.33. The monoisotopic (exact) mass is 448 g/mol. The average Bonchev–Trinajstić information content (AvgIpc) is 2.81. The highest BCUT2D eigenvalue weighted by Gasteiger charge is 2.55. The van der Waals surface area contributed by atoms with Crippen LogP contribution in [0, 0.1) is 0 Å². The van der Waals surface area contributed by atoms with Crippen LogP contribution >= 0.6 is 11.6 Å². The van der Waals surface area contributed by atoms with Crippen LogP contribution in [0.3, 0.4) is 0 Å². The minimum atomic E-state index is -0.390. The van der Waals surface area contributed by atoms with E-state index in [2.05, 4.69) is 10.3 Å². The number of rotatable bonds is 3. The lowest BCUT2D eigenvalue weighted by atomic mass is 9.72. The van der Waals surface area contributed by atoms with Gasteiger partial charge in [0.1, 0.15) is 0 Å². The third-order valence-electron chi connectivity index (χ3n) is 6.19. The maximum atomic E-state index is 13.3. The zero-order valence-corrected chi connectivity index (χ0v) is 17.8. The summed E-state index contributed by atoms with van der Waals surface area (Å²) >= 11 is 6.20. The fraction of sp³-hybridized carbons (Fsp3) is 0.208. The molecule has 5 rings (SSSR count). The molecule has 2 N–H and O–H groups in total. The Balaban J connectivity index is 1.48. The molecule has 1 aromatic heterocycles. The molecule has 0 saturated carbocycles. The molecular weight excluding hydrogens is 428 g/mol. The molecule has 162 valence electrons. The van der Waals surface area contributed by atoms with E-state index in [9.17, 15) is 14.7 Å². The summed E-state index contributed by atoms with van der Waals surface area (Å²) in [6.45, 7) is 0.143. The molecule has 0 aliphatic carbocycles. The lowest BCUT2D eigenvalue weighted by Crippen LogP contribution is -2.71. The van der Waals surface area contributed by atoms with Crippen molar-refractivity contribution in [3.05, 3.63) is 89.2 Å². The molecule has 0 radical (unpaired) electrons. The van der Waals surface area contributed by atoms with Gasteiger partial charge in [-0.1, -0.05) is 41.9 Å². The number of para-hydroxylation sites is 2. The highest BCUT2D eigenvalue weighted by atomic mass is 35.5. The van der Waals surface area contributed by atoms with Crippen molar-refractivity contribution in [1.29, 1.82) is 0 Å². The molecule has 2 aliphatic rings. The van der Waals surface area contributed by atoms with Crippen LogP contribution in [-0.4, -0.2) is 52.2 Å². The lowest BCUT2D eigenvalue weighted by Gasteiger charge is -2.58. The van der Waals surface area contributed by atoms with Gasteiger partial charge >= 0.3 is 6.03 Å². The predicted octanol–water partition coefficient (Wildman–Crippen LogP) is 3.76. The second-order valence-electron chi connectivity index (χ2n) is 7.88. The number of likely N-dealkylation sites (tertiary alicyclic amines) is 1. The predicted molar refractivity (Wildman–Crippen MR) is 122 cm³/mol. The molecule has 0 spiro atoms. The van der Waals surface area contributed by atoms with Crippen molar-refractivity contribution in [2.24, 2.45) is 0 Å². The lowest BCUT2D eigenvalue weighted by molar-refractivity contribution is -0.00265. The maximum Gasteiger partial charge on any atom is 0.322 e. The van der Waals surface area contributed by atoms with E-state index in [0.29, 0.717) is 22.8 Å². The van der Waals surface area contributed by atoms with Crippen molar-refractivity contribution in [3.63, 3.8) is 0 Å². The van der Waals surface area contributed by atoms with E-state index in [1.54, 1.807) is 52.4 Å². The van der Waals surface area contributed by atoms with E-state index in [1.807, 2.05) is 24.3 Å². The number of hydrogen-bond acceptors (Lipinski definition) is 4. The van der Waals surface area contributed by atoms with Crippen molar-refractivity contribution in [2.75, 3.05) is 23.4 Å². The number of aliphatic hydroxyl groups excluding tert-OH is 1. The largest absolute Gasteiger partial charge is 0.394 e. The number of halogens is 1. The smallest absolute Gasteiger partial charge is 0.322 e. The van der Waals surface area contributed by atoms with Gasteiger partial charge in [0.05, 0.1) is 35.0 Å². The molecule has 1 saturated heterocycles. The minimum Gasteiger partial charge on any atom is -0.394 e. The van der Waals surface area contributed by atoms with Crippen LogP contribution in [0.4, 0.5) is 16.2 Å². The van der Waals surface area contributed by atoms with E-state index >= 15 is 0 Å². The zero-order chi connectivity index (χ0) is 22.2. The summed E-state index contributed by atoms with van der Waals surface area (Å²) in [6, 6.07) is 17.1. The first-order valence-corrected chi connectivity index (χ1v) is 10.7. The molecule has 3 atom stereocenters. The van der Waals surface area contributed by atoms with Crippen molar-refractivity contribution < 1.29 is 14.7 Å². The SMILES string of the molecule is O=C(c1cccnc1)N1C[C@H]2[C@@H](c3ccccc31)[C@@H](CO)N2C(=O)Nc1ccccc1Cl. The molecule has 0 bridgehead atoms. The van der Waals surface area contributed by atoms with E-state index in [1.165, 1.54) is 6.20 Å². The number of aromatic nitrogens is 1. The molecule has 3 amide bonds. The topological polar surface area (TPSA) is 85.8 Å². The average molecular weight is 449 g/mol. The fourth-order valence-corrected chi connectivity index (χ4v) is 4.93. The number of amides is 3. The Hall–Kier alpha value is -3.42. The van der Waals surface area contributed by atoms with Crippen molar-refractivity contribution in [1.82, 2.24) is 9.88 Å². The van der Waals surface area contributed by atoms with Gasteiger partial charge in [-0.15, -0.1) is 0 Å². The van der Waals surface area contributed by atoms with Gasteiger partial charge in [-0.05, 0) is 35.9 Å². The number of hydrogen-bond donors (Lipinski definition) is 2. The molecule has 8 heteroatoms. The Morgan fingerprint density at radius 1 is 1.09 bits per heavy atom. The summed E-state index contributed by atoms with van der Waals surface area (Å²) in [7, 11) is 0. The van der Waals surface area contributed by atoms with Crippen molar-refractivity contribution in [3.8, 4) is 0 Å². The molecule has 0 unspecified atom stereocenters. The quantitative estimate of drug-likeness (QED) is 0.639. The molecule has 3 aromatic rings. The first kappa shape index (κ1) is 20.5. The number of carbonyl (C=O) groups is 2. The molecule has 2 aromatic carbocycles. The van der Waals surface area contributed by atoms with Gasteiger partial charge < -0.3 is 20.2 Å².